The maximum absolute atomic E-state index is 12.9. The minimum atomic E-state index is -3.57. The molecule has 0 atom stereocenters. The van der Waals surface area contributed by atoms with Gasteiger partial charge in [0, 0.05) is 25.3 Å². The molecule has 1 saturated carbocycles. The quantitative estimate of drug-likeness (QED) is 0.639. The minimum absolute atomic E-state index is 0. The molecule has 0 saturated heterocycles. The molecule has 2 aromatic heterocycles. The Morgan fingerprint density at radius 1 is 1.19 bits per heavy atom. The summed E-state index contributed by atoms with van der Waals surface area (Å²) in [4.78, 5) is 10.7. The van der Waals surface area contributed by atoms with Crippen molar-refractivity contribution in [2.75, 3.05) is 11.9 Å². The lowest BCUT2D eigenvalue weighted by Crippen LogP contribution is -2.49. The summed E-state index contributed by atoms with van der Waals surface area (Å²) in [6, 6.07) is 11.5. The van der Waals surface area contributed by atoms with E-state index < -0.39 is 10.0 Å². The van der Waals surface area contributed by atoms with Crippen LogP contribution in [0.4, 0.5) is 5.82 Å². The van der Waals surface area contributed by atoms with Crippen LogP contribution in [-0.2, 0) is 15.8 Å². The first kappa shape index (κ1) is 19.8. The summed E-state index contributed by atoms with van der Waals surface area (Å²) in [6.45, 7) is 0. The van der Waals surface area contributed by atoms with Gasteiger partial charge in [-0.3, -0.25) is 0 Å². The van der Waals surface area contributed by atoms with Crippen LogP contribution < -0.4 is 10.6 Å². The molecule has 1 aromatic carbocycles. The summed E-state index contributed by atoms with van der Waals surface area (Å²) < 4.78 is 27.0. The predicted octanol–water partition coefficient (Wildman–Crippen LogP) is 2.31. The molecular weight excluding hydrogens is 430 g/mol. The molecule has 0 spiro atoms. The number of anilines is 1. The van der Waals surface area contributed by atoms with E-state index in [-0.39, 0.29) is 28.8 Å². The molecule has 2 heterocycles. The van der Waals surface area contributed by atoms with Crippen LogP contribution in [0.3, 0.4) is 0 Å². The van der Waals surface area contributed by atoms with Crippen molar-refractivity contribution in [2.24, 2.45) is 5.73 Å². The molecule has 0 amide bonds. The van der Waals surface area contributed by atoms with Gasteiger partial charge in [0.2, 0.25) is 10.0 Å². The SMILES string of the molecule is Br.CN(c1ncnc2c1ccn2S(=O)(=O)Cc1ccccc1)C1CC(N)C1. The van der Waals surface area contributed by atoms with E-state index in [4.69, 9.17) is 5.73 Å². The molecule has 3 aromatic rings. The van der Waals surface area contributed by atoms with E-state index >= 15 is 0 Å². The van der Waals surface area contributed by atoms with Gasteiger partial charge in [0.25, 0.3) is 0 Å². The van der Waals surface area contributed by atoms with Crippen molar-refractivity contribution in [1.29, 1.82) is 0 Å². The molecule has 9 heteroatoms. The Kier molecular flexibility index (Phi) is 5.55. The molecule has 27 heavy (non-hydrogen) atoms. The monoisotopic (exact) mass is 451 g/mol. The highest BCUT2D eigenvalue weighted by atomic mass is 79.9. The van der Waals surface area contributed by atoms with Crippen molar-refractivity contribution in [3.63, 3.8) is 0 Å². The molecule has 1 aliphatic carbocycles. The second-order valence-electron chi connectivity index (χ2n) is 6.78. The maximum atomic E-state index is 12.9. The molecule has 0 radical (unpaired) electrons. The van der Waals surface area contributed by atoms with E-state index in [9.17, 15) is 8.42 Å². The third-order valence-electron chi connectivity index (χ3n) is 4.95. The van der Waals surface area contributed by atoms with Gasteiger partial charge in [-0.2, -0.15) is 0 Å². The molecule has 0 unspecified atom stereocenters. The van der Waals surface area contributed by atoms with Crippen LogP contribution in [-0.4, -0.2) is 41.5 Å². The van der Waals surface area contributed by atoms with Gasteiger partial charge in [0.05, 0.1) is 11.1 Å². The number of benzene rings is 1. The zero-order chi connectivity index (χ0) is 18.3. The van der Waals surface area contributed by atoms with Gasteiger partial charge in [-0.25, -0.2) is 22.4 Å². The van der Waals surface area contributed by atoms with Gasteiger partial charge in [-0.15, -0.1) is 17.0 Å². The van der Waals surface area contributed by atoms with Gasteiger partial charge in [0.15, 0.2) is 5.65 Å². The summed E-state index contributed by atoms with van der Waals surface area (Å²) in [7, 11) is -1.61. The van der Waals surface area contributed by atoms with Crippen LogP contribution in [0.5, 0.6) is 0 Å². The summed E-state index contributed by atoms with van der Waals surface area (Å²) in [6.07, 6.45) is 4.80. The van der Waals surface area contributed by atoms with E-state index in [1.54, 1.807) is 24.4 Å². The first-order valence-electron chi connectivity index (χ1n) is 8.53. The zero-order valence-corrected chi connectivity index (χ0v) is 17.4. The number of rotatable bonds is 5. The molecule has 144 valence electrons. The molecule has 2 N–H and O–H groups in total. The Balaban J connectivity index is 0.00000210. The fourth-order valence-electron chi connectivity index (χ4n) is 3.39. The number of halogens is 1. The van der Waals surface area contributed by atoms with Crippen molar-refractivity contribution in [3.05, 3.63) is 54.5 Å². The molecule has 7 nitrogen and oxygen atoms in total. The number of nitrogens with zero attached hydrogens (tertiary/aromatic N) is 4. The molecule has 0 aliphatic heterocycles. The zero-order valence-electron chi connectivity index (χ0n) is 14.9. The van der Waals surface area contributed by atoms with E-state index in [1.165, 1.54) is 10.3 Å². The second-order valence-corrected chi connectivity index (χ2v) is 8.63. The summed E-state index contributed by atoms with van der Waals surface area (Å²) in [5, 5.41) is 0.729. The highest BCUT2D eigenvalue weighted by molar-refractivity contribution is 8.93. The Morgan fingerprint density at radius 3 is 2.56 bits per heavy atom. The van der Waals surface area contributed by atoms with Crippen molar-refractivity contribution in [3.8, 4) is 0 Å². The molecule has 0 bridgehead atoms. The Hall–Kier alpha value is -1.97. The van der Waals surface area contributed by atoms with Gasteiger partial charge < -0.3 is 10.6 Å². The number of nitrogens with two attached hydrogens (primary N) is 1. The number of aromatic nitrogens is 3. The molecular formula is C18H22BrN5O2S. The highest BCUT2D eigenvalue weighted by Crippen LogP contribution is 2.31. The number of fused-ring (bicyclic) bond motifs is 1. The van der Waals surface area contributed by atoms with Crippen LogP contribution in [0.2, 0.25) is 0 Å². The van der Waals surface area contributed by atoms with Crippen LogP contribution in [0.25, 0.3) is 11.0 Å². The van der Waals surface area contributed by atoms with Gasteiger partial charge in [0.1, 0.15) is 12.1 Å². The van der Waals surface area contributed by atoms with Crippen molar-refractivity contribution in [2.45, 2.75) is 30.7 Å². The minimum Gasteiger partial charge on any atom is -0.356 e. The average molecular weight is 452 g/mol. The summed E-state index contributed by atoms with van der Waals surface area (Å²) in [5.41, 5.74) is 7.03. The fraction of sp³-hybridized carbons (Fsp3) is 0.333. The number of hydrogen-bond donors (Lipinski definition) is 1. The normalized spacial score (nSPS) is 19.3. The highest BCUT2D eigenvalue weighted by Gasteiger charge is 2.31. The average Bonchev–Trinajstić information content (AvgIpc) is 3.04. The second kappa shape index (κ2) is 7.57. The molecule has 1 aliphatic rings. The topological polar surface area (TPSA) is 94.1 Å². The Bertz CT molecular complexity index is 1030. The van der Waals surface area contributed by atoms with Gasteiger partial charge >= 0.3 is 0 Å². The van der Waals surface area contributed by atoms with Crippen molar-refractivity contribution >= 4 is 43.9 Å². The van der Waals surface area contributed by atoms with E-state index in [2.05, 4.69) is 14.9 Å². The lowest BCUT2D eigenvalue weighted by Gasteiger charge is -2.40. The fourth-order valence-corrected chi connectivity index (χ4v) is 4.80. The van der Waals surface area contributed by atoms with Crippen LogP contribution >= 0.6 is 17.0 Å². The molecule has 1 fully saturated rings. The van der Waals surface area contributed by atoms with Crippen LogP contribution in [0, 0.1) is 0 Å². The Morgan fingerprint density at radius 2 is 1.89 bits per heavy atom. The first-order valence-corrected chi connectivity index (χ1v) is 10.1. The largest absolute Gasteiger partial charge is 0.356 e. The lowest BCUT2D eigenvalue weighted by molar-refractivity contribution is 0.339. The van der Waals surface area contributed by atoms with E-state index in [1.807, 2.05) is 25.2 Å². The van der Waals surface area contributed by atoms with Gasteiger partial charge in [-0.1, -0.05) is 30.3 Å². The summed E-state index contributed by atoms with van der Waals surface area (Å²) >= 11 is 0. The maximum Gasteiger partial charge on any atom is 0.244 e. The standard InChI is InChI=1S/C18H21N5O2S.BrH/c1-22(15-9-14(19)10-15)17-16-7-8-23(18(16)21-12-20-17)26(24,25)11-13-5-3-2-4-6-13;/h2-8,12,14-15H,9-11,19H2,1H3;1H. The summed E-state index contributed by atoms with van der Waals surface area (Å²) in [5.74, 6) is 0.658. The predicted molar refractivity (Wildman–Crippen MR) is 112 cm³/mol. The van der Waals surface area contributed by atoms with Crippen LogP contribution in [0.15, 0.2) is 48.9 Å². The third-order valence-corrected chi connectivity index (χ3v) is 6.54. The smallest absolute Gasteiger partial charge is 0.244 e. The first-order chi connectivity index (χ1) is 12.5. The lowest BCUT2D eigenvalue weighted by atomic mass is 9.86. The van der Waals surface area contributed by atoms with Crippen molar-refractivity contribution in [1.82, 2.24) is 13.9 Å². The van der Waals surface area contributed by atoms with E-state index in [0.717, 1.165) is 29.6 Å². The Labute approximate surface area is 169 Å². The molecule has 4 rings (SSSR count). The van der Waals surface area contributed by atoms with E-state index in [0.29, 0.717) is 11.7 Å². The van der Waals surface area contributed by atoms with Gasteiger partial charge in [-0.05, 0) is 24.5 Å². The van der Waals surface area contributed by atoms with Crippen LogP contribution in [0.1, 0.15) is 18.4 Å². The third kappa shape index (κ3) is 3.71. The van der Waals surface area contributed by atoms with Crippen molar-refractivity contribution < 1.29 is 8.42 Å². The number of hydrogen-bond acceptors (Lipinski definition) is 6.